The number of aryl methyl sites for hydroxylation is 1. The van der Waals surface area contributed by atoms with Crippen LogP contribution in [0.5, 0.6) is 0 Å². The number of ketones is 2. The summed E-state index contributed by atoms with van der Waals surface area (Å²) >= 11 is 0. The van der Waals surface area contributed by atoms with Gasteiger partial charge in [0.25, 0.3) is 0 Å². The van der Waals surface area contributed by atoms with Crippen LogP contribution in [0.2, 0.25) is 0 Å². The van der Waals surface area contributed by atoms with E-state index in [1.54, 1.807) is 26.0 Å². The standard InChI is InChI=1S/C25H20F3N3O3/c1-14-4-5-16(22-23(33)24(2,3)34-31-22)10-19(14)20-13-29-18(12-30-20)11-21(32)15-6-8-17(9-7-15)25(26,27)28/h4-10,12-13H,11H2,1-3H3. The molecule has 1 aromatic heterocycles. The van der Waals surface area contributed by atoms with Gasteiger partial charge in [0.1, 0.15) is 0 Å². The van der Waals surface area contributed by atoms with Crippen LogP contribution in [0.3, 0.4) is 0 Å². The van der Waals surface area contributed by atoms with Gasteiger partial charge in [0, 0.05) is 22.9 Å². The number of carbonyl (C=O) groups is 2. The minimum Gasteiger partial charge on any atom is -0.381 e. The number of hydrogen-bond donors (Lipinski definition) is 0. The van der Waals surface area contributed by atoms with Crippen molar-refractivity contribution in [3.63, 3.8) is 0 Å². The average molecular weight is 467 g/mol. The van der Waals surface area contributed by atoms with Crippen molar-refractivity contribution in [2.45, 2.75) is 39.0 Å². The number of rotatable bonds is 5. The molecule has 0 atom stereocenters. The van der Waals surface area contributed by atoms with Gasteiger partial charge in [-0.25, -0.2) is 0 Å². The summed E-state index contributed by atoms with van der Waals surface area (Å²) in [7, 11) is 0. The van der Waals surface area contributed by atoms with Crippen LogP contribution in [0.25, 0.3) is 11.3 Å². The molecule has 0 fully saturated rings. The largest absolute Gasteiger partial charge is 0.416 e. The molecular weight excluding hydrogens is 447 g/mol. The van der Waals surface area contributed by atoms with Gasteiger partial charge in [0.15, 0.2) is 17.1 Å². The van der Waals surface area contributed by atoms with Crippen molar-refractivity contribution in [1.29, 1.82) is 0 Å². The fourth-order valence-electron chi connectivity index (χ4n) is 3.45. The second-order valence-corrected chi connectivity index (χ2v) is 8.47. The Morgan fingerprint density at radius 3 is 2.29 bits per heavy atom. The first kappa shape index (κ1) is 23.3. The number of aromatic nitrogens is 2. The number of benzene rings is 2. The number of hydrogen-bond acceptors (Lipinski definition) is 6. The molecule has 1 aliphatic heterocycles. The van der Waals surface area contributed by atoms with Crippen LogP contribution >= 0.6 is 0 Å². The second-order valence-electron chi connectivity index (χ2n) is 8.47. The van der Waals surface area contributed by atoms with Crippen LogP contribution in [0.4, 0.5) is 13.2 Å². The zero-order valence-electron chi connectivity index (χ0n) is 18.6. The molecule has 0 spiro atoms. The van der Waals surface area contributed by atoms with Gasteiger partial charge in [-0.15, -0.1) is 0 Å². The summed E-state index contributed by atoms with van der Waals surface area (Å²) in [6.07, 6.45) is -1.59. The van der Waals surface area contributed by atoms with Gasteiger partial charge in [-0.2, -0.15) is 13.2 Å². The van der Waals surface area contributed by atoms with Gasteiger partial charge in [-0.05, 0) is 44.5 Å². The maximum atomic E-state index is 12.7. The van der Waals surface area contributed by atoms with Crippen LogP contribution in [-0.4, -0.2) is 32.8 Å². The van der Waals surface area contributed by atoms with E-state index < -0.39 is 17.3 Å². The van der Waals surface area contributed by atoms with Crippen LogP contribution in [0.1, 0.15) is 46.6 Å². The molecule has 0 bridgehead atoms. The van der Waals surface area contributed by atoms with Crippen LogP contribution in [0.15, 0.2) is 60.0 Å². The SMILES string of the molecule is Cc1ccc(C2=NOC(C)(C)C2=O)cc1-c1cnc(CC(=O)c2ccc(C(F)(F)F)cc2)cn1. The van der Waals surface area contributed by atoms with E-state index in [0.717, 1.165) is 35.4 Å². The molecule has 34 heavy (non-hydrogen) atoms. The summed E-state index contributed by atoms with van der Waals surface area (Å²) in [6, 6.07) is 9.47. The molecule has 0 amide bonds. The molecule has 2 aromatic carbocycles. The lowest BCUT2D eigenvalue weighted by molar-refractivity contribution is -0.137. The van der Waals surface area contributed by atoms with E-state index in [4.69, 9.17) is 4.84 Å². The van der Waals surface area contributed by atoms with Gasteiger partial charge < -0.3 is 4.84 Å². The molecular formula is C25H20F3N3O3. The van der Waals surface area contributed by atoms with Crippen molar-refractivity contribution < 1.29 is 27.6 Å². The van der Waals surface area contributed by atoms with Crippen LogP contribution in [0, 0.1) is 6.92 Å². The molecule has 174 valence electrons. The normalized spacial score (nSPS) is 15.1. The molecule has 1 aliphatic rings. The van der Waals surface area contributed by atoms with Gasteiger partial charge in [0.2, 0.25) is 5.78 Å². The van der Waals surface area contributed by atoms with Crippen molar-refractivity contribution in [3.8, 4) is 11.3 Å². The summed E-state index contributed by atoms with van der Waals surface area (Å²) < 4.78 is 38.1. The van der Waals surface area contributed by atoms with E-state index in [0.29, 0.717) is 17.0 Å². The first-order chi connectivity index (χ1) is 16.0. The molecule has 6 nitrogen and oxygen atoms in total. The molecule has 0 aliphatic carbocycles. The highest BCUT2D eigenvalue weighted by Crippen LogP contribution is 2.30. The topological polar surface area (TPSA) is 81.5 Å². The Bertz CT molecular complexity index is 1300. The van der Waals surface area contributed by atoms with E-state index in [2.05, 4.69) is 15.1 Å². The minimum atomic E-state index is -4.46. The number of halogens is 3. The smallest absolute Gasteiger partial charge is 0.381 e. The maximum absolute atomic E-state index is 12.7. The third-order valence-corrected chi connectivity index (χ3v) is 5.50. The zero-order valence-corrected chi connectivity index (χ0v) is 18.6. The van der Waals surface area contributed by atoms with Crippen LogP contribution < -0.4 is 0 Å². The van der Waals surface area contributed by atoms with Gasteiger partial charge in [0.05, 0.1) is 29.6 Å². The molecule has 0 saturated heterocycles. The lowest BCUT2D eigenvalue weighted by Crippen LogP contribution is -2.33. The van der Waals surface area contributed by atoms with Gasteiger partial charge in [-0.1, -0.05) is 29.4 Å². The first-order valence-corrected chi connectivity index (χ1v) is 10.4. The van der Waals surface area contributed by atoms with Gasteiger partial charge in [-0.3, -0.25) is 19.6 Å². The summed E-state index contributed by atoms with van der Waals surface area (Å²) in [6.45, 7) is 5.19. The third kappa shape index (κ3) is 4.59. The number of nitrogens with zero attached hydrogens (tertiary/aromatic N) is 3. The zero-order chi connectivity index (χ0) is 24.7. The van der Waals surface area contributed by atoms with Crippen LogP contribution in [-0.2, 0) is 22.2 Å². The number of carbonyl (C=O) groups excluding carboxylic acids is 2. The summed E-state index contributed by atoms with van der Waals surface area (Å²) in [5, 5.41) is 3.93. The summed E-state index contributed by atoms with van der Waals surface area (Å²) in [5.74, 6) is -0.583. The molecule has 0 saturated carbocycles. The Balaban J connectivity index is 1.52. The second kappa shape index (κ2) is 8.48. The summed E-state index contributed by atoms with van der Waals surface area (Å²) in [5.41, 5.74) is 1.73. The Morgan fingerprint density at radius 1 is 1.03 bits per heavy atom. The molecule has 3 aromatic rings. The summed E-state index contributed by atoms with van der Waals surface area (Å²) in [4.78, 5) is 38.9. The Labute approximate surface area is 193 Å². The van der Waals surface area contributed by atoms with E-state index in [1.165, 1.54) is 12.4 Å². The highest BCUT2D eigenvalue weighted by atomic mass is 19.4. The Kier molecular flexibility index (Phi) is 5.80. The van der Waals surface area contributed by atoms with Crippen molar-refractivity contribution in [1.82, 2.24) is 9.97 Å². The fraction of sp³-hybridized carbons (Fsp3) is 0.240. The lowest BCUT2D eigenvalue weighted by atomic mass is 9.93. The molecule has 0 unspecified atom stereocenters. The molecule has 0 radical (unpaired) electrons. The van der Waals surface area contributed by atoms with Crippen molar-refractivity contribution in [2.24, 2.45) is 5.16 Å². The fourth-order valence-corrected chi connectivity index (χ4v) is 3.45. The van der Waals surface area contributed by atoms with Crippen molar-refractivity contribution in [2.75, 3.05) is 0 Å². The minimum absolute atomic E-state index is 0.102. The molecule has 4 rings (SSSR count). The monoisotopic (exact) mass is 467 g/mol. The van der Waals surface area contributed by atoms with E-state index in [1.807, 2.05) is 13.0 Å². The maximum Gasteiger partial charge on any atom is 0.416 e. The van der Waals surface area contributed by atoms with E-state index >= 15 is 0 Å². The Morgan fingerprint density at radius 2 is 1.74 bits per heavy atom. The predicted octanol–water partition coefficient (Wildman–Crippen LogP) is 4.98. The number of alkyl halides is 3. The average Bonchev–Trinajstić information content (AvgIpc) is 3.07. The molecule has 9 heteroatoms. The number of oxime groups is 1. The Hall–Kier alpha value is -3.88. The highest BCUT2D eigenvalue weighted by Gasteiger charge is 2.40. The van der Waals surface area contributed by atoms with Crippen molar-refractivity contribution >= 4 is 17.3 Å². The molecule has 0 N–H and O–H groups in total. The van der Waals surface area contributed by atoms with E-state index in [9.17, 15) is 22.8 Å². The highest BCUT2D eigenvalue weighted by molar-refractivity contribution is 6.49. The first-order valence-electron chi connectivity index (χ1n) is 10.4. The third-order valence-electron chi connectivity index (χ3n) is 5.50. The van der Waals surface area contributed by atoms with E-state index in [-0.39, 0.29) is 29.3 Å². The number of Topliss-reactive ketones (excluding diaryl/α,β-unsaturated/α-hetero) is 2. The van der Waals surface area contributed by atoms with Gasteiger partial charge >= 0.3 is 6.18 Å². The molecule has 2 heterocycles. The quantitative estimate of drug-likeness (QED) is 0.495. The predicted molar refractivity (Wildman–Crippen MR) is 118 cm³/mol. The van der Waals surface area contributed by atoms with Crippen molar-refractivity contribution in [3.05, 3.63) is 82.8 Å². The lowest BCUT2D eigenvalue weighted by Gasteiger charge is -2.12.